The van der Waals surface area contributed by atoms with Crippen LogP contribution in [-0.4, -0.2) is 24.9 Å². The Kier molecular flexibility index (Phi) is 6.42. The summed E-state index contributed by atoms with van der Waals surface area (Å²) in [4.78, 5) is 23.9. The van der Waals surface area contributed by atoms with Crippen molar-refractivity contribution in [2.45, 2.75) is 20.8 Å². The molecule has 2 aromatic carbocycles. The molecule has 0 aromatic heterocycles. The number of benzene rings is 2. The largest absolute Gasteiger partial charge is 0.376 e. The molecular formula is C19H22ClN3O2. The fraction of sp³-hybridized carbons (Fsp3) is 0.263. The van der Waals surface area contributed by atoms with Crippen LogP contribution in [0.2, 0.25) is 5.02 Å². The van der Waals surface area contributed by atoms with Crippen molar-refractivity contribution in [3.05, 3.63) is 58.1 Å². The highest BCUT2D eigenvalue weighted by Gasteiger charge is 2.09. The molecule has 0 spiro atoms. The van der Waals surface area contributed by atoms with Crippen LogP contribution < -0.4 is 16.0 Å². The first-order valence-electron chi connectivity index (χ1n) is 8.00. The van der Waals surface area contributed by atoms with Crippen LogP contribution in [0.3, 0.4) is 0 Å². The third kappa shape index (κ3) is 5.22. The Bertz CT molecular complexity index is 790. The summed E-state index contributed by atoms with van der Waals surface area (Å²) in [5.41, 5.74) is 4.60. The van der Waals surface area contributed by atoms with E-state index < -0.39 is 0 Å². The predicted octanol–water partition coefficient (Wildman–Crippen LogP) is 3.43. The van der Waals surface area contributed by atoms with Gasteiger partial charge in [-0.2, -0.15) is 0 Å². The molecule has 0 aliphatic rings. The average molecular weight is 360 g/mol. The summed E-state index contributed by atoms with van der Waals surface area (Å²) in [6, 6.07) is 11.2. The van der Waals surface area contributed by atoms with E-state index in [4.69, 9.17) is 11.6 Å². The van der Waals surface area contributed by atoms with Crippen molar-refractivity contribution in [2.75, 3.05) is 23.7 Å². The van der Waals surface area contributed by atoms with Crippen molar-refractivity contribution in [3.63, 3.8) is 0 Å². The first kappa shape index (κ1) is 18.8. The molecule has 2 amide bonds. The number of amides is 2. The number of hydrogen-bond donors (Lipinski definition) is 3. The van der Waals surface area contributed by atoms with E-state index in [0.29, 0.717) is 10.7 Å². The Morgan fingerprint density at radius 2 is 1.56 bits per heavy atom. The van der Waals surface area contributed by atoms with Crippen LogP contribution >= 0.6 is 11.6 Å². The monoisotopic (exact) mass is 359 g/mol. The Labute approximate surface area is 152 Å². The zero-order valence-corrected chi connectivity index (χ0v) is 15.3. The van der Waals surface area contributed by atoms with E-state index in [1.807, 2.05) is 39.0 Å². The maximum atomic E-state index is 12.0. The van der Waals surface area contributed by atoms with Crippen LogP contribution in [0, 0.1) is 20.8 Å². The molecule has 0 unspecified atom stereocenters. The highest BCUT2D eigenvalue weighted by atomic mass is 35.5. The topological polar surface area (TPSA) is 70.2 Å². The minimum absolute atomic E-state index is 0.0980. The van der Waals surface area contributed by atoms with Crippen molar-refractivity contribution in [1.82, 2.24) is 5.32 Å². The quantitative estimate of drug-likeness (QED) is 0.740. The van der Waals surface area contributed by atoms with E-state index >= 15 is 0 Å². The van der Waals surface area contributed by atoms with Crippen LogP contribution in [0.25, 0.3) is 0 Å². The molecule has 6 heteroatoms. The zero-order valence-electron chi connectivity index (χ0n) is 14.6. The Hall–Kier alpha value is -2.53. The molecule has 0 bridgehead atoms. The SMILES string of the molecule is Cc1cccc(NCC(=O)NCC(=O)Nc2cccc(Cl)c2C)c1C. The lowest BCUT2D eigenvalue weighted by molar-refractivity contribution is -0.122. The smallest absolute Gasteiger partial charge is 0.243 e. The van der Waals surface area contributed by atoms with Gasteiger partial charge in [0.25, 0.3) is 0 Å². The fourth-order valence-electron chi connectivity index (χ4n) is 2.30. The van der Waals surface area contributed by atoms with Crippen molar-refractivity contribution >= 4 is 34.8 Å². The summed E-state index contributed by atoms with van der Waals surface area (Å²) in [5, 5.41) is 9.00. The van der Waals surface area contributed by atoms with E-state index in [0.717, 1.165) is 22.4 Å². The van der Waals surface area contributed by atoms with Crippen LogP contribution in [0.5, 0.6) is 0 Å². The summed E-state index contributed by atoms with van der Waals surface area (Å²) >= 11 is 6.02. The molecule has 0 heterocycles. The lowest BCUT2D eigenvalue weighted by atomic mass is 10.1. The van der Waals surface area contributed by atoms with Crippen LogP contribution in [0.4, 0.5) is 11.4 Å². The van der Waals surface area contributed by atoms with E-state index in [1.165, 1.54) is 0 Å². The maximum Gasteiger partial charge on any atom is 0.243 e. The molecule has 0 radical (unpaired) electrons. The predicted molar refractivity (Wildman–Crippen MR) is 102 cm³/mol. The van der Waals surface area contributed by atoms with Gasteiger partial charge in [0.05, 0.1) is 13.1 Å². The maximum absolute atomic E-state index is 12.0. The van der Waals surface area contributed by atoms with E-state index in [9.17, 15) is 9.59 Å². The first-order valence-corrected chi connectivity index (χ1v) is 8.38. The molecule has 0 atom stereocenters. The normalized spacial score (nSPS) is 10.2. The third-order valence-corrected chi connectivity index (χ3v) is 4.44. The summed E-state index contributed by atoms with van der Waals surface area (Å²) < 4.78 is 0. The van der Waals surface area contributed by atoms with E-state index in [2.05, 4.69) is 16.0 Å². The highest BCUT2D eigenvalue weighted by Crippen LogP contribution is 2.22. The van der Waals surface area contributed by atoms with Crippen molar-refractivity contribution in [2.24, 2.45) is 0 Å². The second-order valence-electron chi connectivity index (χ2n) is 5.84. The lowest BCUT2D eigenvalue weighted by Gasteiger charge is -2.12. The minimum atomic E-state index is -0.301. The molecule has 25 heavy (non-hydrogen) atoms. The molecule has 0 saturated carbocycles. The highest BCUT2D eigenvalue weighted by molar-refractivity contribution is 6.31. The molecule has 5 nitrogen and oxygen atoms in total. The van der Waals surface area contributed by atoms with Gasteiger partial charge in [0.1, 0.15) is 0 Å². The number of nitrogens with one attached hydrogen (secondary N) is 3. The molecule has 2 rings (SSSR count). The van der Waals surface area contributed by atoms with Gasteiger partial charge in [0, 0.05) is 16.4 Å². The summed E-state index contributed by atoms with van der Waals surface area (Å²) in [5.74, 6) is -0.552. The van der Waals surface area contributed by atoms with E-state index in [-0.39, 0.29) is 24.9 Å². The molecule has 0 aliphatic heterocycles. The van der Waals surface area contributed by atoms with Crippen molar-refractivity contribution < 1.29 is 9.59 Å². The molecule has 132 valence electrons. The summed E-state index contributed by atoms with van der Waals surface area (Å²) in [6.07, 6.45) is 0. The lowest BCUT2D eigenvalue weighted by Crippen LogP contribution is -2.36. The van der Waals surface area contributed by atoms with Crippen LogP contribution in [0.15, 0.2) is 36.4 Å². The second-order valence-corrected chi connectivity index (χ2v) is 6.25. The number of halogens is 1. The first-order chi connectivity index (χ1) is 11.9. The Morgan fingerprint density at radius 3 is 2.32 bits per heavy atom. The zero-order chi connectivity index (χ0) is 18.4. The van der Waals surface area contributed by atoms with Gasteiger partial charge in [-0.05, 0) is 55.7 Å². The molecule has 3 N–H and O–H groups in total. The van der Waals surface area contributed by atoms with Gasteiger partial charge >= 0.3 is 0 Å². The standard InChI is InChI=1S/C19H22ClN3O2/c1-12-6-4-8-16(13(12)2)21-10-18(24)22-11-19(25)23-17-9-5-7-15(20)14(17)3/h4-9,21H,10-11H2,1-3H3,(H,22,24)(H,23,25). The average Bonchev–Trinajstić information content (AvgIpc) is 2.58. The molecular weight excluding hydrogens is 338 g/mol. The fourth-order valence-corrected chi connectivity index (χ4v) is 2.47. The molecule has 0 saturated heterocycles. The minimum Gasteiger partial charge on any atom is -0.376 e. The molecule has 2 aromatic rings. The number of rotatable bonds is 6. The van der Waals surface area contributed by atoms with Gasteiger partial charge in [-0.25, -0.2) is 0 Å². The van der Waals surface area contributed by atoms with Gasteiger partial charge in [-0.15, -0.1) is 0 Å². The summed E-state index contributed by atoms with van der Waals surface area (Å²) in [7, 11) is 0. The van der Waals surface area contributed by atoms with Gasteiger partial charge in [0.2, 0.25) is 11.8 Å². The number of aryl methyl sites for hydroxylation is 1. The second kappa shape index (κ2) is 8.53. The number of hydrogen-bond acceptors (Lipinski definition) is 3. The number of anilines is 2. The third-order valence-electron chi connectivity index (χ3n) is 4.03. The number of carbonyl (C=O) groups is 2. The van der Waals surface area contributed by atoms with Crippen molar-refractivity contribution in [1.29, 1.82) is 0 Å². The van der Waals surface area contributed by atoms with Crippen LogP contribution in [-0.2, 0) is 9.59 Å². The molecule has 0 aliphatic carbocycles. The number of carbonyl (C=O) groups excluding carboxylic acids is 2. The van der Waals surface area contributed by atoms with Gasteiger partial charge in [0.15, 0.2) is 0 Å². The van der Waals surface area contributed by atoms with Gasteiger partial charge in [-0.3, -0.25) is 9.59 Å². The van der Waals surface area contributed by atoms with Crippen molar-refractivity contribution in [3.8, 4) is 0 Å². The van der Waals surface area contributed by atoms with Gasteiger partial charge < -0.3 is 16.0 Å². The Balaban J connectivity index is 1.80. The van der Waals surface area contributed by atoms with Gasteiger partial charge in [-0.1, -0.05) is 29.8 Å². The van der Waals surface area contributed by atoms with Crippen LogP contribution in [0.1, 0.15) is 16.7 Å². The Morgan fingerprint density at radius 1 is 0.880 bits per heavy atom. The summed E-state index contributed by atoms with van der Waals surface area (Å²) in [6.45, 7) is 5.84. The van der Waals surface area contributed by atoms with E-state index in [1.54, 1.807) is 18.2 Å². The molecule has 0 fully saturated rings.